The Bertz CT molecular complexity index is 923. The second-order valence-corrected chi connectivity index (χ2v) is 9.71. The first-order chi connectivity index (χ1) is 16.0. The van der Waals surface area contributed by atoms with Crippen LogP contribution in [0.3, 0.4) is 0 Å². The van der Waals surface area contributed by atoms with Crippen molar-refractivity contribution in [3.05, 3.63) is 59.4 Å². The van der Waals surface area contributed by atoms with E-state index in [9.17, 15) is 9.18 Å². The number of likely N-dealkylation sites (tertiary alicyclic amines) is 1. The van der Waals surface area contributed by atoms with Gasteiger partial charge in [-0.2, -0.15) is 0 Å². The molecular weight excluding hydrogens is 417 g/mol. The van der Waals surface area contributed by atoms with E-state index in [1.165, 1.54) is 44.4 Å². The third kappa shape index (κ3) is 6.07. The van der Waals surface area contributed by atoms with E-state index in [0.717, 1.165) is 43.7 Å². The molecule has 0 spiro atoms. The number of methoxy groups -OCH3 is 1. The van der Waals surface area contributed by atoms with Gasteiger partial charge in [0.1, 0.15) is 5.75 Å². The molecule has 4 nitrogen and oxygen atoms in total. The van der Waals surface area contributed by atoms with Crippen molar-refractivity contribution >= 4 is 5.91 Å². The predicted molar refractivity (Wildman–Crippen MR) is 128 cm³/mol. The molecule has 5 heteroatoms. The van der Waals surface area contributed by atoms with Crippen LogP contribution in [0.5, 0.6) is 11.5 Å². The van der Waals surface area contributed by atoms with Crippen LogP contribution in [0.15, 0.2) is 42.5 Å². The molecule has 2 aliphatic rings. The summed E-state index contributed by atoms with van der Waals surface area (Å²) in [4.78, 5) is 14.2. The number of hydrogen-bond donors (Lipinski definition) is 0. The maximum Gasteiger partial charge on any atom is 0.260 e. The standard InChI is InChI=1S/C28H36FNO3/c1-20(23-10-13-26(29)27(18-23)32-2)16-21-6-7-24(17-21)22-8-11-25(12-9-22)33-19-28(31)30-14-4-3-5-15-30/h8-13,18,20-21,24H,3-7,14-17,19H2,1-2H3/t20-,21+,24+/m0/s1. The highest BCUT2D eigenvalue weighted by Gasteiger charge is 2.27. The Morgan fingerprint density at radius 3 is 2.58 bits per heavy atom. The van der Waals surface area contributed by atoms with Crippen molar-refractivity contribution in [2.45, 2.75) is 63.7 Å². The van der Waals surface area contributed by atoms with Crippen molar-refractivity contribution in [2.24, 2.45) is 5.92 Å². The van der Waals surface area contributed by atoms with Crippen LogP contribution >= 0.6 is 0 Å². The number of halogens is 1. The number of rotatable bonds is 8. The average Bonchev–Trinajstić information content (AvgIpc) is 3.32. The van der Waals surface area contributed by atoms with Gasteiger partial charge in [0.2, 0.25) is 0 Å². The lowest BCUT2D eigenvalue weighted by Gasteiger charge is -2.26. The molecule has 4 rings (SSSR count). The second-order valence-electron chi connectivity index (χ2n) is 9.71. The van der Waals surface area contributed by atoms with E-state index < -0.39 is 0 Å². The topological polar surface area (TPSA) is 38.8 Å². The molecule has 33 heavy (non-hydrogen) atoms. The van der Waals surface area contributed by atoms with Gasteiger partial charge >= 0.3 is 0 Å². The van der Waals surface area contributed by atoms with Crippen LogP contribution in [0.1, 0.15) is 74.8 Å². The first-order valence-electron chi connectivity index (χ1n) is 12.4. The quantitative estimate of drug-likeness (QED) is 0.471. The lowest BCUT2D eigenvalue weighted by Crippen LogP contribution is -2.38. The van der Waals surface area contributed by atoms with E-state index in [4.69, 9.17) is 9.47 Å². The lowest BCUT2D eigenvalue weighted by molar-refractivity contribution is -0.134. The molecule has 0 radical (unpaired) electrons. The van der Waals surface area contributed by atoms with Crippen LogP contribution in [0.25, 0.3) is 0 Å². The molecule has 1 saturated heterocycles. The molecule has 1 aliphatic heterocycles. The maximum atomic E-state index is 13.7. The highest BCUT2D eigenvalue weighted by atomic mass is 19.1. The zero-order chi connectivity index (χ0) is 23.2. The molecule has 0 N–H and O–H groups in total. The van der Waals surface area contributed by atoms with Crippen molar-refractivity contribution in [3.63, 3.8) is 0 Å². The monoisotopic (exact) mass is 453 g/mol. The molecular formula is C28H36FNO3. The fourth-order valence-corrected chi connectivity index (χ4v) is 5.43. The number of carbonyl (C=O) groups excluding carboxylic acids is 1. The van der Waals surface area contributed by atoms with Gasteiger partial charge in [-0.3, -0.25) is 4.79 Å². The summed E-state index contributed by atoms with van der Waals surface area (Å²) < 4.78 is 24.6. The van der Waals surface area contributed by atoms with Gasteiger partial charge in [-0.05, 0) is 98.1 Å². The molecule has 2 aromatic carbocycles. The Labute approximate surface area is 197 Å². The minimum absolute atomic E-state index is 0.0882. The first-order valence-corrected chi connectivity index (χ1v) is 12.4. The predicted octanol–water partition coefficient (Wildman–Crippen LogP) is 6.30. The number of carbonyl (C=O) groups is 1. The van der Waals surface area contributed by atoms with Crippen molar-refractivity contribution < 1.29 is 18.7 Å². The Balaban J connectivity index is 1.26. The SMILES string of the molecule is COc1cc([C@@H](C)C[C@H]2CC[C@@H](c3ccc(OCC(=O)N4CCCCC4)cc3)C2)ccc1F. The minimum Gasteiger partial charge on any atom is -0.494 e. The number of piperidine rings is 1. The number of amides is 1. The third-order valence-corrected chi connectivity index (χ3v) is 7.39. The van der Waals surface area contributed by atoms with E-state index in [1.807, 2.05) is 29.2 Å². The number of hydrogen-bond acceptors (Lipinski definition) is 3. The molecule has 1 amide bonds. The van der Waals surface area contributed by atoms with E-state index in [-0.39, 0.29) is 18.3 Å². The van der Waals surface area contributed by atoms with Crippen LogP contribution in [0.4, 0.5) is 4.39 Å². The molecule has 0 bridgehead atoms. The van der Waals surface area contributed by atoms with E-state index in [2.05, 4.69) is 19.1 Å². The molecule has 1 saturated carbocycles. The Kier molecular flexibility index (Phi) is 7.89. The maximum absolute atomic E-state index is 13.7. The van der Waals surface area contributed by atoms with Crippen molar-refractivity contribution in [1.82, 2.24) is 4.90 Å². The molecule has 2 aromatic rings. The summed E-state index contributed by atoms with van der Waals surface area (Å²) in [7, 11) is 1.51. The summed E-state index contributed by atoms with van der Waals surface area (Å²) in [6.45, 7) is 4.06. The summed E-state index contributed by atoms with van der Waals surface area (Å²) in [5.41, 5.74) is 2.49. The smallest absolute Gasteiger partial charge is 0.260 e. The highest BCUT2D eigenvalue weighted by Crippen LogP contribution is 2.43. The van der Waals surface area contributed by atoms with E-state index in [0.29, 0.717) is 23.5 Å². The second kappa shape index (κ2) is 11.0. The van der Waals surface area contributed by atoms with Gasteiger partial charge in [0.15, 0.2) is 18.2 Å². The Morgan fingerprint density at radius 2 is 1.85 bits per heavy atom. The summed E-state index contributed by atoms with van der Waals surface area (Å²) in [6.07, 6.45) is 8.10. The number of benzene rings is 2. The molecule has 1 heterocycles. The summed E-state index contributed by atoms with van der Waals surface area (Å²) in [5.74, 6) is 2.47. The van der Waals surface area contributed by atoms with Crippen LogP contribution < -0.4 is 9.47 Å². The molecule has 2 fully saturated rings. The van der Waals surface area contributed by atoms with Crippen molar-refractivity contribution in [3.8, 4) is 11.5 Å². The van der Waals surface area contributed by atoms with Crippen molar-refractivity contribution in [1.29, 1.82) is 0 Å². The largest absolute Gasteiger partial charge is 0.494 e. The van der Waals surface area contributed by atoms with Crippen LogP contribution in [-0.2, 0) is 4.79 Å². The molecule has 178 valence electrons. The Hall–Kier alpha value is -2.56. The molecule has 3 atom stereocenters. The molecule has 0 aromatic heterocycles. The lowest BCUT2D eigenvalue weighted by atomic mass is 9.88. The highest BCUT2D eigenvalue weighted by molar-refractivity contribution is 5.77. The Morgan fingerprint density at radius 1 is 1.09 bits per heavy atom. The first kappa shape index (κ1) is 23.6. The zero-order valence-corrected chi connectivity index (χ0v) is 19.9. The fourth-order valence-electron chi connectivity index (χ4n) is 5.43. The van der Waals surface area contributed by atoms with E-state index >= 15 is 0 Å². The summed E-state index contributed by atoms with van der Waals surface area (Å²) in [5, 5.41) is 0. The van der Waals surface area contributed by atoms with Gasteiger partial charge in [0.25, 0.3) is 5.91 Å². The van der Waals surface area contributed by atoms with Gasteiger partial charge in [-0.1, -0.05) is 25.1 Å². The zero-order valence-electron chi connectivity index (χ0n) is 19.9. The number of ether oxygens (including phenoxy) is 2. The van der Waals surface area contributed by atoms with Crippen molar-refractivity contribution in [2.75, 3.05) is 26.8 Å². The summed E-state index contributed by atoms with van der Waals surface area (Å²) in [6, 6.07) is 13.5. The van der Waals surface area contributed by atoms with Crippen LogP contribution in [-0.4, -0.2) is 37.6 Å². The normalized spacial score (nSPS) is 21.6. The summed E-state index contributed by atoms with van der Waals surface area (Å²) >= 11 is 0. The van der Waals surface area contributed by atoms with Gasteiger partial charge in [-0.25, -0.2) is 4.39 Å². The van der Waals surface area contributed by atoms with Gasteiger partial charge in [0.05, 0.1) is 7.11 Å². The van der Waals surface area contributed by atoms with E-state index in [1.54, 1.807) is 0 Å². The van der Waals surface area contributed by atoms with Gasteiger partial charge < -0.3 is 14.4 Å². The number of nitrogens with zero attached hydrogens (tertiary/aromatic N) is 1. The van der Waals surface area contributed by atoms with Gasteiger partial charge in [-0.15, -0.1) is 0 Å². The average molecular weight is 454 g/mol. The third-order valence-electron chi connectivity index (χ3n) is 7.39. The van der Waals surface area contributed by atoms with Crippen LogP contribution in [0, 0.1) is 11.7 Å². The molecule has 0 unspecified atom stereocenters. The molecule has 1 aliphatic carbocycles. The van der Waals surface area contributed by atoms with Gasteiger partial charge in [0, 0.05) is 13.1 Å². The minimum atomic E-state index is -0.308. The van der Waals surface area contributed by atoms with Crippen LogP contribution in [0.2, 0.25) is 0 Å². The fraction of sp³-hybridized carbons (Fsp3) is 0.536.